The Morgan fingerprint density at radius 1 is 1.19 bits per heavy atom. The quantitative estimate of drug-likeness (QED) is 0.669. The first kappa shape index (κ1) is 16.9. The molecule has 3 aromatic rings. The molecule has 0 atom stereocenters. The number of carbonyl (C=O) groups excluding carboxylic acids is 1. The third-order valence-corrected chi connectivity index (χ3v) is 5.60. The van der Waals surface area contributed by atoms with E-state index in [0.29, 0.717) is 28.2 Å². The van der Waals surface area contributed by atoms with Crippen molar-refractivity contribution in [3.8, 4) is 11.5 Å². The number of aromatic nitrogens is 3. The van der Waals surface area contributed by atoms with Crippen LogP contribution in [0, 0.1) is 0 Å². The highest BCUT2D eigenvalue weighted by molar-refractivity contribution is 7.99. The van der Waals surface area contributed by atoms with Crippen molar-refractivity contribution in [1.82, 2.24) is 14.9 Å². The van der Waals surface area contributed by atoms with E-state index in [0.717, 1.165) is 11.5 Å². The molecule has 0 saturated heterocycles. The summed E-state index contributed by atoms with van der Waals surface area (Å²) in [5.74, 6) is 2.79. The van der Waals surface area contributed by atoms with Gasteiger partial charge in [0.25, 0.3) is 5.91 Å². The average Bonchev–Trinajstić information content (AvgIpc) is 3.36. The van der Waals surface area contributed by atoms with Crippen LogP contribution in [0.5, 0.6) is 11.5 Å². The first-order chi connectivity index (χ1) is 12.8. The molecule has 0 saturated carbocycles. The van der Waals surface area contributed by atoms with Gasteiger partial charge in [-0.2, -0.15) is 0 Å². The van der Waals surface area contributed by atoms with Crippen molar-refractivity contribution >= 4 is 29.0 Å². The van der Waals surface area contributed by atoms with Gasteiger partial charge in [0.2, 0.25) is 5.16 Å². The van der Waals surface area contributed by atoms with E-state index in [2.05, 4.69) is 10.2 Å². The molecular formula is C17H16N4O3S2. The van der Waals surface area contributed by atoms with Crippen molar-refractivity contribution in [3.63, 3.8) is 0 Å². The van der Waals surface area contributed by atoms with Gasteiger partial charge in [-0.05, 0) is 35.7 Å². The molecule has 1 aromatic carbocycles. The number of ether oxygens (including phenoxy) is 2. The van der Waals surface area contributed by atoms with Crippen LogP contribution in [0.3, 0.4) is 0 Å². The minimum absolute atomic E-state index is 0.0490. The minimum Gasteiger partial charge on any atom is -0.497 e. The molecule has 4 rings (SSSR count). The second-order valence-electron chi connectivity index (χ2n) is 5.43. The summed E-state index contributed by atoms with van der Waals surface area (Å²) in [5, 5.41) is 12.7. The number of fused-ring (bicyclic) bond motifs is 1. The van der Waals surface area contributed by atoms with Crippen LogP contribution in [0.25, 0.3) is 0 Å². The fourth-order valence-electron chi connectivity index (χ4n) is 2.58. The molecular weight excluding hydrogens is 372 g/mol. The van der Waals surface area contributed by atoms with E-state index in [1.807, 2.05) is 41.8 Å². The zero-order chi connectivity index (χ0) is 17.9. The van der Waals surface area contributed by atoms with Gasteiger partial charge in [0.05, 0.1) is 18.5 Å². The summed E-state index contributed by atoms with van der Waals surface area (Å²) in [5.41, 5.74) is 0. The Labute approximate surface area is 158 Å². The lowest BCUT2D eigenvalue weighted by Crippen LogP contribution is -2.45. The molecule has 0 aliphatic carbocycles. The standard InChI is InChI=1S/C17H16N4O3S2/c1-23-12-4-6-13(7-5-12)24-11-15-18-19-17-21(15)20(8-10-26-17)16(22)14-3-2-9-25-14/h2-7,9H,8,10-11H2,1H3. The molecule has 0 fully saturated rings. The topological polar surface area (TPSA) is 69.5 Å². The summed E-state index contributed by atoms with van der Waals surface area (Å²) >= 11 is 3.01. The van der Waals surface area contributed by atoms with Gasteiger partial charge in [-0.3, -0.25) is 4.79 Å². The molecule has 26 heavy (non-hydrogen) atoms. The van der Waals surface area contributed by atoms with Crippen molar-refractivity contribution in [2.75, 3.05) is 24.4 Å². The van der Waals surface area contributed by atoms with Crippen LogP contribution in [0.2, 0.25) is 0 Å². The largest absolute Gasteiger partial charge is 0.497 e. The number of thioether (sulfide) groups is 1. The molecule has 134 valence electrons. The van der Waals surface area contributed by atoms with Crippen LogP contribution >= 0.6 is 23.1 Å². The molecule has 0 radical (unpaired) electrons. The summed E-state index contributed by atoms with van der Waals surface area (Å²) in [6.45, 7) is 0.816. The Bertz CT molecular complexity index is 893. The Hall–Kier alpha value is -2.52. The maximum atomic E-state index is 12.8. The highest BCUT2D eigenvalue weighted by Crippen LogP contribution is 2.25. The van der Waals surface area contributed by atoms with Crippen molar-refractivity contribution in [3.05, 3.63) is 52.5 Å². The number of hydrogen-bond acceptors (Lipinski definition) is 7. The minimum atomic E-state index is -0.0490. The van der Waals surface area contributed by atoms with Crippen molar-refractivity contribution in [1.29, 1.82) is 0 Å². The van der Waals surface area contributed by atoms with Crippen LogP contribution in [0.15, 0.2) is 46.9 Å². The summed E-state index contributed by atoms with van der Waals surface area (Å²) in [4.78, 5) is 13.5. The molecule has 0 N–H and O–H groups in total. The normalized spacial score (nSPS) is 13.3. The van der Waals surface area contributed by atoms with Crippen LogP contribution in [0.1, 0.15) is 15.5 Å². The number of methoxy groups -OCH3 is 1. The number of carbonyl (C=O) groups is 1. The SMILES string of the molecule is COc1ccc(OCc2nnc3n2N(C(=O)c2cccs2)CCS3)cc1. The Kier molecular flexibility index (Phi) is 4.81. The molecule has 0 spiro atoms. The maximum absolute atomic E-state index is 12.8. The van der Waals surface area contributed by atoms with Crippen molar-refractivity contribution in [2.24, 2.45) is 0 Å². The predicted octanol–water partition coefficient (Wildman–Crippen LogP) is 2.81. The lowest BCUT2D eigenvalue weighted by Gasteiger charge is -2.28. The molecule has 7 nitrogen and oxygen atoms in total. The Balaban J connectivity index is 1.55. The second-order valence-corrected chi connectivity index (χ2v) is 7.44. The smallest absolute Gasteiger partial charge is 0.282 e. The van der Waals surface area contributed by atoms with E-state index < -0.39 is 0 Å². The first-order valence-electron chi connectivity index (χ1n) is 7.96. The van der Waals surface area contributed by atoms with Gasteiger partial charge in [-0.15, -0.1) is 21.5 Å². The Morgan fingerprint density at radius 2 is 2.00 bits per heavy atom. The summed E-state index contributed by atoms with van der Waals surface area (Å²) in [6.07, 6.45) is 0. The van der Waals surface area contributed by atoms with Crippen LogP contribution in [-0.4, -0.2) is 40.2 Å². The third kappa shape index (κ3) is 3.27. The summed E-state index contributed by atoms with van der Waals surface area (Å²) in [7, 11) is 1.62. The number of hydrogen-bond donors (Lipinski definition) is 0. The van der Waals surface area contributed by atoms with Crippen molar-refractivity contribution in [2.45, 2.75) is 11.8 Å². The highest BCUT2D eigenvalue weighted by atomic mass is 32.2. The van der Waals surface area contributed by atoms with Gasteiger partial charge in [0.15, 0.2) is 5.82 Å². The third-order valence-electron chi connectivity index (χ3n) is 3.85. The molecule has 1 aliphatic heterocycles. The van der Waals surface area contributed by atoms with E-state index in [4.69, 9.17) is 9.47 Å². The zero-order valence-corrected chi connectivity index (χ0v) is 15.6. The maximum Gasteiger partial charge on any atom is 0.282 e. The van der Waals surface area contributed by atoms with Gasteiger partial charge in [0.1, 0.15) is 18.1 Å². The molecule has 3 heterocycles. The fraction of sp³-hybridized carbons (Fsp3) is 0.235. The molecule has 9 heteroatoms. The number of amides is 1. The monoisotopic (exact) mass is 388 g/mol. The van der Waals surface area contributed by atoms with E-state index >= 15 is 0 Å². The van der Waals surface area contributed by atoms with Gasteiger partial charge >= 0.3 is 0 Å². The first-order valence-corrected chi connectivity index (χ1v) is 9.82. The van der Waals surface area contributed by atoms with Crippen molar-refractivity contribution < 1.29 is 14.3 Å². The van der Waals surface area contributed by atoms with Crippen LogP contribution in [-0.2, 0) is 6.61 Å². The van der Waals surface area contributed by atoms with E-state index in [1.165, 1.54) is 11.3 Å². The second kappa shape index (κ2) is 7.38. The van der Waals surface area contributed by atoms with E-state index in [9.17, 15) is 4.79 Å². The molecule has 2 aromatic heterocycles. The lowest BCUT2D eigenvalue weighted by molar-refractivity contribution is 0.0957. The van der Waals surface area contributed by atoms with Gasteiger partial charge in [-0.1, -0.05) is 17.8 Å². The number of rotatable bonds is 5. The molecule has 0 unspecified atom stereocenters. The number of nitrogens with zero attached hydrogens (tertiary/aromatic N) is 4. The zero-order valence-electron chi connectivity index (χ0n) is 14.0. The fourth-order valence-corrected chi connectivity index (χ4v) is 4.12. The molecule has 1 aliphatic rings. The van der Waals surface area contributed by atoms with Crippen LogP contribution in [0.4, 0.5) is 0 Å². The lowest BCUT2D eigenvalue weighted by atomic mass is 10.3. The van der Waals surface area contributed by atoms with E-state index in [-0.39, 0.29) is 12.5 Å². The van der Waals surface area contributed by atoms with Crippen LogP contribution < -0.4 is 14.5 Å². The predicted molar refractivity (Wildman–Crippen MR) is 99.8 cm³/mol. The summed E-state index contributed by atoms with van der Waals surface area (Å²) < 4.78 is 12.7. The van der Waals surface area contributed by atoms with Gasteiger partial charge in [-0.25, -0.2) is 9.69 Å². The Morgan fingerprint density at radius 3 is 2.73 bits per heavy atom. The van der Waals surface area contributed by atoms with Gasteiger partial charge < -0.3 is 9.47 Å². The summed E-state index contributed by atoms with van der Waals surface area (Å²) in [6, 6.07) is 11.0. The molecule has 0 bridgehead atoms. The molecule has 1 amide bonds. The van der Waals surface area contributed by atoms with Gasteiger partial charge in [0, 0.05) is 5.75 Å². The average molecular weight is 388 g/mol. The number of benzene rings is 1. The van der Waals surface area contributed by atoms with E-state index in [1.54, 1.807) is 28.6 Å². The highest BCUT2D eigenvalue weighted by Gasteiger charge is 2.28. The number of thiophene rings is 1.